The Labute approximate surface area is 105 Å². The number of hydrogen-bond donors (Lipinski definition) is 1. The van der Waals surface area contributed by atoms with E-state index in [2.05, 4.69) is 0 Å². The molecule has 2 atom stereocenters. The normalized spacial score (nSPS) is 23.4. The number of carbonyl (C=O) groups excluding carboxylic acids is 1. The Morgan fingerprint density at radius 3 is 2.72 bits per heavy atom. The fourth-order valence-corrected chi connectivity index (χ4v) is 2.14. The van der Waals surface area contributed by atoms with Gasteiger partial charge in [-0.15, -0.1) is 0 Å². The van der Waals surface area contributed by atoms with E-state index in [9.17, 15) is 13.6 Å². The Balaban J connectivity index is 2.03. The van der Waals surface area contributed by atoms with E-state index in [1.54, 1.807) is 4.90 Å². The maximum absolute atomic E-state index is 13.4. The van der Waals surface area contributed by atoms with Gasteiger partial charge >= 0.3 is 0 Å². The Bertz CT molecular complexity index is 454. The molecule has 1 amide bonds. The van der Waals surface area contributed by atoms with E-state index in [1.165, 1.54) is 6.07 Å². The first-order valence-electron chi connectivity index (χ1n) is 5.94. The van der Waals surface area contributed by atoms with Crippen molar-refractivity contribution in [3.63, 3.8) is 0 Å². The summed E-state index contributed by atoms with van der Waals surface area (Å²) in [5.41, 5.74) is 6.05. The molecule has 0 bridgehead atoms. The highest BCUT2D eigenvalue weighted by molar-refractivity contribution is 5.79. The molecule has 0 spiro atoms. The number of rotatable bonds is 2. The highest BCUT2D eigenvalue weighted by atomic mass is 19.1. The quantitative estimate of drug-likeness (QED) is 0.865. The van der Waals surface area contributed by atoms with Gasteiger partial charge in [-0.05, 0) is 17.5 Å². The average Bonchev–Trinajstić information content (AvgIpc) is 2.63. The molecule has 5 heteroatoms. The van der Waals surface area contributed by atoms with Gasteiger partial charge in [0.2, 0.25) is 5.91 Å². The zero-order valence-corrected chi connectivity index (χ0v) is 10.2. The van der Waals surface area contributed by atoms with Gasteiger partial charge < -0.3 is 10.6 Å². The first-order valence-corrected chi connectivity index (χ1v) is 5.94. The Hall–Kier alpha value is -1.49. The van der Waals surface area contributed by atoms with Gasteiger partial charge in [0.1, 0.15) is 11.6 Å². The third-order valence-electron chi connectivity index (χ3n) is 3.38. The van der Waals surface area contributed by atoms with Crippen molar-refractivity contribution in [1.82, 2.24) is 4.90 Å². The molecule has 1 heterocycles. The van der Waals surface area contributed by atoms with Crippen LogP contribution in [0.1, 0.15) is 12.5 Å². The largest absolute Gasteiger partial charge is 0.341 e. The highest BCUT2D eigenvalue weighted by Gasteiger charge is 2.29. The van der Waals surface area contributed by atoms with E-state index in [4.69, 9.17) is 5.73 Å². The standard InChI is InChI=1S/C13H16F2N2O/c1-8-6-17(7-12(8)16)13(18)4-9-2-3-10(14)5-11(9)15/h2-3,5,8,12H,4,6-7,16H2,1H3. The van der Waals surface area contributed by atoms with Gasteiger partial charge in [-0.2, -0.15) is 0 Å². The van der Waals surface area contributed by atoms with Crippen molar-refractivity contribution >= 4 is 5.91 Å². The second-order valence-corrected chi connectivity index (χ2v) is 4.85. The number of amides is 1. The van der Waals surface area contributed by atoms with Crippen LogP contribution >= 0.6 is 0 Å². The van der Waals surface area contributed by atoms with Crippen LogP contribution in [0, 0.1) is 17.6 Å². The van der Waals surface area contributed by atoms with Crippen molar-refractivity contribution in [3.05, 3.63) is 35.4 Å². The van der Waals surface area contributed by atoms with Gasteiger partial charge in [0.05, 0.1) is 6.42 Å². The summed E-state index contributed by atoms with van der Waals surface area (Å²) in [5, 5.41) is 0. The van der Waals surface area contributed by atoms with Crippen molar-refractivity contribution in [1.29, 1.82) is 0 Å². The minimum Gasteiger partial charge on any atom is -0.341 e. The topological polar surface area (TPSA) is 46.3 Å². The number of benzene rings is 1. The van der Waals surface area contributed by atoms with Crippen molar-refractivity contribution in [2.24, 2.45) is 11.7 Å². The van der Waals surface area contributed by atoms with Crippen LogP contribution in [0.25, 0.3) is 0 Å². The predicted molar refractivity (Wildman–Crippen MR) is 63.8 cm³/mol. The van der Waals surface area contributed by atoms with Crippen LogP contribution in [-0.4, -0.2) is 29.9 Å². The summed E-state index contributed by atoms with van der Waals surface area (Å²) in [4.78, 5) is 13.6. The number of carbonyl (C=O) groups is 1. The zero-order valence-electron chi connectivity index (χ0n) is 10.2. The number of hydrogen-bond acceptors (Lipinski definition) is 2. The lowest BCUT2D eigenvalue weighted by atomic mass is 10.1. The maximum Gasteiger partial charge on any atom is 0.227 e. The maximum atomic E-state index is 13.4. The van der Waals surface area contributed by atoms with Crippen LogP contribution in [0.2, 0.25) is 0 Å². The molecule has 1 aromatic rings. The summed E-state index contributed by atoms with van der Waals surface area (Å²) >= 11 is 0. The minimum atomic E-state index is -0.681. The van der Waals surface area contributed by atoms with Crippen molar-refractivity contribution in [3.8, 4) is 0 Å². The summed E-state index contributed by atoms with van der Waals surface area (Å²) in [7, 11) is 0. The molecule has 1 fully saturated rings. The minimum absolute atomic E-state index is 0.0213. The summed E-state index contributed by atoms with van der Waals surface area (Å²) in [5.74, 6) is -1.23. The van der Waals surface area contributed by atoms with Gasteiger partial charge in [-0.1, -0.05) is 13.0 Å². The Kier molecular flexibility index (Phi) is 3.61. The van der Waals surface area contributed by atoms with Crippen LogP contribution in [0.15, 0.2) is 18.2 Å². The molecular weight excluding hydrogens is 238 g/mol. The zero-order chi connectivity index (χ0) is 13.3. The van der Waals surface area contributed by atoms with Crippen LogP contribution in [-0.2, 0) is 11.2 Å². The molecule has 0 aliphatic carbocycles. The van der Waals surface area contributed by atoms with Gasteiger partial charge in [-0.25, -0.2) is 8.78 Å². The third-order valence-corrected chi connectivity index (χ3v) is 3.38. The van der Waals surface area contributed by atoms with E-state index in [-0.39, 0.29) is 29.9 Å². The molecule has 2 N–H and O–H groups in total. The summed E-state index contributed by atoms with van der Waals surface area (Å²) < 4.78 is 26.2. The van der Waals surface area contributed by atoms with Gasteiger partial charge in [0.15, 0.2) is 0 Å². The number of likely N-dealkylation sites (tertiary alicyclic amines) is 1. The molecule has 18 heavy (non-hydrogen) atoms. The van der Waals surface area contributed by atoms with Crippen LogP contribution < -0.4 is 5.73 Å². The van der Waals surface area contributed by atoms with Gasteiger partial charge in [0, 0.05) is 25.2 Å². The molecule has 1 aliphatic heterocycles. The van der Waals surface area contributed by atoms with E-state index < -0.39 is 11.6 Å². The molecule has 2 rings (SSSR count). The Morgan fingerprint density at radius 1 is 1.44 bits per heavy atom. The van der Waals surface area contributed by atoms with E-state index >= 15 is 0 Å². The van der Waals surface area contributed by atoms with Crippen LogP contribution in [0.5, 0.6) is 0 Å². The molecule has 0 saturated carbocycles. The first-order chi connectivity index (χ1) is 8.47. The fraction of sp³-hybridized carbons (Fsp3) is 0.462. The molecule has 1 aromatic carbocycles. The molecule has 3 nitrogen and oxygen atoms in total. The van der Waals surface area contributed by atoms with Crippen molar-refractivity contribution in [2.75, 3.05) is 13.1 Å². The lowest BCUT2D eigenvalue weighted by Gasteiger charge is -2.16. The molecule has 1 aliphatic rings. The number of nitrogens with two attached hydrogens (primary N) is 1. The Morgan fingerprint density at radius 2 is 2.17 bits per heavy atom. The fourth-order valence-electron chi connectivity index (χ4n) is 2.14. The molecule has 98 valence electrons. The molecule has 2 unspecified atom stereocenters. The molecule has 1 saturated heterocycles. The summed E-state index contributed by atoms with van der Waals surface area (Å²) in [6.07, 6.45) is -0.0500. The SMILES string of the molecule is CC1CN(C(=O)Cc2ccc(F)cc2F)CC1N. The lowest BCUT2D eigenvalue weighted by Crippen LogP contribution is -2.33. The predicted octanol–water partition coefficient (Wildman–Crippen LogP) is 1.31. The number of halogens is 2. The second-order valence-electron chi connectivity index (χ2n) is 4.85. The molecule has 0 aromatic heterocycles. The van der Waals surface area contributed by atoms with Crippen molar-refractivity contribution < 1.29 is 13.6 Å². The lowest BCUT2D eigenvalue weighted by molar-refractivity contribution is -0.129. The summed E-state index contributed by atoms with van der Waals surface area (Å²) in [6.45, 7) is 3.09. The smallest absolute Gasteiger partial charge is 0.227 e. The molecular formula is C13H16F2N2O. The third kappa shape index (κ3) is 2.67. The van der Waals surface area contributed by atoms with Crippen LogP contribution in [0.3, 0.4) is 0 Å². The number of nitrogens with zero attached hydrogens (tertiary/aromatic N) is 1. The average molecular weight is 254 g/mol. The monoisotopic (exact) mass is 254 g/mol. The van der Waals surface area contributed by atoms with Crippen LogP contribution in [0.4, 0.5) is 8.78 Å². The van der Waals surface area contributed by atoms with E-state index in [1.807, 2.05) is 6.92 Å². The molecule has 0 radical (unpaired) electrons. The van der Waals surface area contributed by atoms with Crippen molar-refractivity contribution in [2.45, 2.75) is 19.4 Å². The second kappa shape index (κ2) is 5.02. The van der Waals surface area contributed by atoms with Gasteiger partial charge in [0.25, 0.3) is 0 Å². The van der Waals surface area contributed by atoms with E-state index in [0.717, 1.165) is 12.1 Å². The summed E-state index contributed by atoms with van der Waals surface area (Å²) in [6, 6.07) is 3.24. The van der Waals surface area contributed by atoms with Gasteiger partial charge in [-0.3, -0.25) is 4.79 Å². The highest BCUT2D eigenvalue weighted by Crippen LogP contribution is 2.17. The van der Waals surface area contributed by atoms with E-state index in [0.29, 0.717) is 13.1 Å². The first kappa shape index (κ1) is 13.0.